The van der Waals surface area contributed by atoms with Crippen LogP contribution in [0.25, 0.3) is 0 Å². The topological polar surface area (TPSA) is 71.3 Å². The smallest absolute Gasteiger partial charge is 0.265 e. The highest BCUT2D eigenvalue weighted by Crippen LogP contribution is 2.25. The fourth-order valence-corrected chi connectivity index (χ4v) is 3.25. The highest BCUT2D eigenvalue weighted by molar-refractivity contribution is 7.92. The van der Waals surface area contributed by atoms with Gasteiger partial charge in [-0.1, -0.05) is 11.6 Å². The van der Waals surface area contributed by atoms with Crippen molar-refractivity contribution >= 4 is 27.3 Å². The van der Waals surface area contributed by atoms with Gasteiger partial charge in [-0.3, -0.25) is 4.72 Å². The number of sulfonamides is 1. The molecule has 0 aliphatic rings. The Kier molecular flexibility index (Phi) is 4.55. The van der Waals surface area contributed by atoms with E-state index in [1.54, 1.807) is 7.05 Å². The zero-order valence-electron chi connectivity index (χ0n) is 11.4. The first-order valence-corrected chi connectivity index (χ1v) is 7.91. The van der Waals surface area contributed by atoms with E-state index in [2.05, 4.69) is 10.0 Å². The maximum Gasteiger partial charge on any atom is 0.265 e. The van der Waals surface area contributed by atoms with E-state index in [1.807, 2.05) is 0 Å². The summed E-state index contributed by atoms with van der Waals surface area (Å²) in [6.07, 6.45) is 0. The largest absolute Gasteiger partial charge is 0.464 e. The Morgan fingerprint density at radius 3 is 2.67 bits per heavy atom. The van der Waals surface area contributed by atoms with Crippen LogP contribution in [0.5, 0.6) is 0 Å². The van der Waals surface area contributed by atoms with E-state index in [1.165, 1.54) is 25.1 Å². The standard InChI is InChI=1S/C13H14ClFN2O3S/c1-8-13(6-10(20-8)7-16-2)21(18,19)17-12-4-3-9(14)5-11(12)15/h3-6,16-17H,7H2,1-2H3. The van der Waals surface area contributed by atoms with Gasteiger partial charge in [0.05, 0.1) is 12.2 Å². The van der Waals surface area contributed by atoms with Gasteiger partial charge in [-0.15, -0.1) is 0 Å². The lowest BCUT2D eigenvalue weighted by Gasteiger charge is -2.08. The van der Waals surface area contributed by atoms with E-state index >= 15 is 0 Å². The van der Waals surface area contributed by atoms with E-state index < -0.39 is 15.8 Å². The number of anilines is 1. The van der Waals surface area contributed by atoms with Gasteiger partial charge in [-0.05, 0) is 32.2 Å². The van der Waals surface area contributed by atoms with Crippen LogP contribution in [0, 0.1) is 12.7 Å². The van der Waals surface area contributed by atoms with Gasteiger partial charge < -0.3 is 9.73 Å². The molecule has 0 saturated carbocycles. The van der Waals surface area contributed by atoms with Crippen LogP contribution in [0.3, 0.4) is 0 Å². The molecule has 21 heavy (non-hydrogen) atoms. The summed E-state index contributed by atoms with van der Waals surface area (Å²) >= 11 is 5.63. The van der Waals surface area contributed by atoms with Crippen molar-refractivity contribution < 1.29 is 17.2 Å². The SMILES string of the molecule is CNCc1cc(S(=O)(=O)Nc2ccc(Cl)cc2F)c(C)o1. The van der Waals surface area contributed by atoms with Gasteiger partial charge in [0.25, 0.3) is 10.0 Å². The van der Waals surface area contributed by atoms with Crippen molar-refractivity contribution in [2.45, 2.75) is 18.4 Å². The van der Waals surface area contributed by atoms with Crippen molar-refractivity contribution in [1.29, 1.82) is 0 Å². The third kappa shape index (κ3) is 3.55. The monoisotopic (exact) mass is 332 g/mol. The van der Waals surface area contributed by atoms with Gasteiger partial charge in [-0.2, -0.15) is 0 Å². The minimum absolute atomic E-state index is 0.0258. The van der Waals surface area contributed by atoms with Crippen molar-refractivity contribution in [3.8, 4) is 0 Å². The highest BCUT2D eigenvalue weighted by atomic mass is 35.5. The third-order valence-electron chi connectivity index (χ3n) is 2.74. The molecule has 2 aromatic rings. The Balaban J connectivity index is 2.34. The number of hydrogen-bond acceptors (Lipinski definition) is 4. The minimum atomic E-state index is -3.93. The molecule has 0 aliphatic heterocycles. The van der Waals surface area contributed by atoms with E-state index in [-0.39, 0.29) is 21.4 Å². The molecule has 0 radical (unpaired) electrons. The lowest BCUT2D eigenvalue weighted by Crippen LogP contribution is -2.14. The lowest BCUT2D eigenvalue weighted by atomic mass is 10.3. The Morgan fingerprint density at radius 2 is 2.05 bits per heavy atom. The molecule has 0 saturated heterocycles. The molecular formula is C13H14ClFN2O3S. The molecule has 0 fully saturated rings. The van der Waals surface area contributed by atoms with Crippen LogP contribution in [-0.4, -0.2) is 15.5 Å². The number of nitrogens with one attached hydrogen (secondary N) is 2. The van der Waals surface area contributed by atoms with E-state index in [0.29, 0.717) is 12.3 Å². The second-order valence-electron chi connectivity index (χ2n) is 4.39. The van der Waals surface area contributed by atoms with Crippen LogP contribution in [0.4, 0.5) is 10.1 Å². The lowest BCUT2D eigenvalue weighted by molar-refractivity contribution is 0.466. The molecule has 1 aromatic heterocycles. The Morgan fingerprint density at radius 1 is 1.33 bits per heavy atom. The molecule has 5 nitrogen and oxygen atoms in total. The van der Waals surface area contributed by atoms with Gasteiger partial charge in [0, 0.05) is 11.1 Å². The Hall–Kier alpha value is -1.57. The summed E-state index contributed by atoms with van der Waals surface area (Å²) in [6, 6.07) is 5.10. The first-order chi connectivity index (χ1) is 9.83. The molecule has 8 heteroatoms. The first kappa shape index (κ1) is 15.8. The second kappa shape index (κ2) is 6.05. The summed E-state index contributed by atoms with van der Waals surface area (Å²) in [7, 11) is -2.22. The van der Waals surface area contributed by atoms with Crippen molar-refractivity contribution in [2.24, 2.45) is 0 Å². The molecule has 0 amide bonds. The van der Waals surface area contributed by atoms with Crippen molar-refractivity contribution in [3.63, 3.8) is 0 Å². The predicted octanol–water partition coefficient (Wildman–Crippen LogP) is 2.90. The van der Waals surface area contributed by atoms with E-state index in [4.69, 9.17) is 16.0 Å². The molecule has 0 bridgehead atoms. The molecule has 2 rings (SSSR count). The Bertz CT molecular complexity index is 759. The first-order valence-electron chi connectivity index (χ1n) is 6.05. The van der Waals surface area contributed by atoms with Crippen LogP contribution in [0.2, 0.25) is 5.02 Å². The second-order valence-corrected chi connectivity index (χ2v) is 6.48. The van der Waals surface area contributed by atoms with Crippen LogP contribution in [-0.2, 0) is 16.6 Å². The minimum Gasteiger partial charge on any atom is -0.464 e. The van der Waals surface area contributed by atoms with Gasteiger partial charge in [0.1, 0.15) is 22.2 Å². The van der Waals surface area contributed by atoms with Crippen molar-refractivity contribution in [3.05, 3.63) is 46.6 Å². The maximum absolute atomic E-state index is 13.7. The molecular weight excluding hydrogens is 319 g/mol. The maximum atomic E-state index is 13.7. The fourth-order valence-electron chi connectivity index (χ4n) is 1.82. The number of hydrogen-bond donors (Lipinski definition) is 2. The van der Waals surface area contributed by atoms with Crippen molar-refractivity contribution in [1.82, 2.24) is 5.32 Å². The molecule has 0 spiro atoms. The summed E-state index contributed by atoms with van der Waals surface area (Å²) in [5, 5.41) is 3.04. The van der Waals surface area contributed by atoms with Crippen LogP contribution in [0.15, 0.2) is 33.6 Å². The summed E-state index contributed by atoms with van der Waals surface area (Å²) in [5.41, 5.74) is -0.171. The van der Waals surface area contributed by atoms with Crippen molar-refractivity contribution in [2.75, 3.05) is 11.8 Å². The fraction of sp³-hybridized carbons (Fsp3) is 0.231. The van der Waals surface area contributed by atoms with Crippen LogP contribution in [0.1, 0.15) is 11.5 Å². The van der Waals surface area contributed by atoms with Crippen LogP contribution >= 0.6 is 11.6 Å². The van der Waals surface area contributed by atoms with Crippen LogP contribution < -0.4 is 10.0 Å². The molecule has 0 atom stereocenters. The quantitative estimate of drug-likeness (QED) is 0.883. The van der Waals surface area contributed by atoms with Gasteiger partial charge in [0.2, 0.25) is 0 Å². The van der Waals surface area contributed by atoms with E-state index in [9.17, 15) is 12.8 Å². The molecule has 2 N–H and O–H groups in total. The highest BCUT2D eigenvalue weighted by Gasteiger charge is 2.22. The third-order valence-corrected chi connectivity index (χ3v) is 4.45. The van der Waals surface area contributed by atoms with Gasteiger partial charge in [-0.25, -0.2) is 12.8 Å². The summed E-state index contributed by atoms with van der Waals surface area (Å²) in [6.45, 7) is 1.93. The molecule has 0 unspecified atom stereocenters. The molecule has 114 valence electrons. The average molecular weight is 333 g/mol. The normalized spacial score (nSPS) is 11.6. The average Bonchev–Trinajstić information content (AvgIpc) is 2.75. The predicted molar refractivity (Wildman–Crippen MR) is 78.4 cm³/mol. The van der Waals surface area contributed by atoms with E-state index in [0.717, 1.165) is 6.07 Å². The number of halogens is 2. The number of benzene rings is 1. The summed E-state index contributed by atoms with van der Waals surface area (Å²) in [5.74, 6) is -0.0308. The zero-order chi connectivity index (χ0) is 15.6. The summed E-state index contributed by atoms with van der Waals surface area (Å²) in [4.78, 5) is -0.0258. The number of rotatable bonds is 5. The van der Waals surface area contributed by atoms with Gasteiger partial charge >= 0.3 is 0 Å². The molecule has 0 aliphatic carbocycles. The summed E-state index contributed by atoms with van der Waals surface area (Å²) < 4.78 is 45.8. The number of furan rings is 1. The number of aryl methyl sites for hydroxylation is 1. The Labute approximate surface area is 127 Å². The molecule has 1 aromatic carbocycles. The zero-order valence-corrected chi connectivity index (χ0v) is 13.0. The van der Waals surface area contributed by atoms with Gasteiger partial charge in [0.15, 0.2) is 0 Å². The molecule has 1 heterocycles.